The molecule has 1 aromatic carbocycles. The van der Waals surface area contributed by atoms with Crippen LogP contribution >= 0.6 is 0 Å². The monoisotopic (exact) mass is 352 g/mol. The molecule has 0 unspecified atom stereocenters. The van der Waals surface area contributed by atoms with Gasteiger partial charge in [-0.15, -0.1) is 13.2 Å². The molecule has 0 amide bonds. The Morgan fingerprint density at radius 1 is 1.20 bits per heavy atom. The van der Waals surface area contributed by atoms with Crippen molar-refractivity contribution in [2.45, 2.75) is 32.7 Å². The number of hydrogen-bond donors (Lipinski definition) is 1. The van der Waals surface area contributed by atoms with Crippen LogP contribution in [0.4, 0.5) is 24.9 Å². The molecule has 8 heteroatoms. The summed E-state index contributed by atoms with van der Waals surface area (Å²) < 4.78 is 41.0. The number of nitrogens with zero attached hydrogens (tertiary/aromatic N) is 3. The van der Waals surface area contributed by atoms with Crippen molar-refractivity contribution in [3.63, 3.8) is 0 Å². The number of hydrogen-bond acceptors (Lipinski definition) is 5. The minimum atomic E-state index is -4.67. The minimum Gasteiger partial charge on any atom is -0.406 e. The summed E-state index contributed by atoms with van der Waals surface area (Å²) in [4.78, 5) is 11.0. The topological polar surface area (TPSA) is 50.3 Å². The van der Waals surface area contributed by atoms with E-state index < -0.39 is 6.36 Å². The van der Waals surface area contributed by atoms with E-state index in [1.165, 1.54) is 12.1 Å². The van der Waals surface area contributed by atoms with Gasteiger partial charge in [-0.3, -0.25) is 0 Å². The fourth-order valence-corrected chi connectivity index (χ4v) is 2.86. The standard InChI is InChI=1S/C17H19F3N4O/c1-3-13-9-15(23-16(21-2)22-13)24-7-6-11-8-14(25-17(18,19)20)5-4-12(11)10-24/h4-5,8-9H,3,6-7,10H2,1-2H3,(H,21,22,23). The molecule has 0 bridgehead atoms. The van der Waals surface area contributed by atoms with Crippen molar-refractivity contribution in [2.75, 3.05) is 23.8 Å². The van der Waals surface area contributed by atoms with Crippen LogP contribution in [-0.2, 0) is 19.4 Å². The smallest absolute Gasteiger partial charge is 0.406 e. The van der Waals surface area contributed by atoms with Gasteiger partial charge < -0.3 is 15.0 Å². The van der Waals surface area contributed by atoms with Crippen LogP contribution in [0.2, 0.25) is 0 Å². The lowest BCUT2D eigenvalue weighted by atomic mass is 9.99. The Hall–Kier alpha value is -2.51. The average Bonchev–Trinajstić information content (AvgIpc) is 2.59. The number of benzene rings is 1. The molecule has 25 heavy (non-hydrogen) atoms. The number of ether oxygens (including phenoxy) is 1. The van der Waals surface area contributed by atoms with Gasteiger partial charge in [0.15, 0.2) is 0 Å². The molecule has 0 radical (unpaired) electrons. The molecule has 2 heterocycles. The molecule has 1 aliphatic heterocycles. The molecule has 0 aliphatic carbocycles. The molecule has 0 atom stereocenters. The van der Waals surface area contributed by atoms with E-state index in [2.05, 4.69) is 24.9 Å². The molecule has 1 aliphatic rings. The van der Waals surface area contributed by atoms with Gasteiger partial charge in [0, 0.05) is 31.9 Å². The zero-order valence-corrected chi connectivity index (χ0v) is 14.0. The van der Waals surface area contributed by atoms with Gasteiger partial charge in [-0.2, -0.15) is 4.98 Å². The summed E-state index contributed by atoms with van der Waals surface area (Å²) in [5, 5.41) is 2.96. The van der Waals surface area contributed by atoms with E-state index in [4.69, 9.17) is 0 Å². The summed E-state index contributed by atoms with van der Waals surface area (Å²) in [7, 11) is 1.77. The maximum Gasteiger partial charge on any atom is 0.573 e. The van der Waals surface area contributed by atoms with Crippen molar-refractivity contribution in [3.05, 3.63) is 41.1 Å². The third kappa shape index (κ3) is 4.12. The number of alkyl halides is 3. The van der Waals surface area contributed by atoms with Crippen LogP contribution in [0.15, 0.2) is 24.3 Å². The lowest BCUT2D eigenvalue weighted by Crippen LogP contribution is -2.31. The number of nitrogens with one attached hydrogen (secondary N) is 1. The number of aryl methyl sites for hydroxylation is 1. The Kier molecular flexibility index (Phi) is 4.69. The highest BCUT2D eigenvalue weighted by Gasteiger charge is 2.31. The van der Waals surface area contributed by atoms with E-state index in [-0.39, 0.29) is 5.75 Å². The van der Waals surface area contributed by atoms with E-state index in [9.17, 15) is 13.2 Å². The number of fused-ring (bicyclic) bond motifs is 1. The van der Waals surface area contributed by atoms with Gasteiger partial charge in [-0.05, 0) is 36.1 Å². The number of rotatable bonds is 4. The summed E-state index contributed by atoms with van der Waals surface area (Å²) in [6.07, 6.45) is -3.24. The normalized spacial score (nSPS) is 14.2. The lowest BCUT2D eigenvalue weighted by molar-refractivity contribution is -0.274. The van der Waals surface area contributed by atoms with Gasteiger partial charge in [0.05, 0.1) is 0 Å². The zero-order valence-electron chi connectivity index (χ0n) is 14.0. The quantitative estimate of drug-likeness (QED) is 0.912. The summed E-state index contributed by atoms with van der Waals surface area (Å²) in [6, 6.07) is 6.46. The third-order valence-electron chi connectivity index (χ3n) is 4.10. The summed E-state index contributed by atoms with van der Waals surface area (Å²) in [6.45, 7) is 3.29. The van der Waals surface area contributed by atoms with Gasteiger partial charge in [0.25, 0.3) is 0 Å². The summed E-state index contributed by atoms with van der Waals surface area (Å²) >= 11 is 0. The highest BCUT2D eigenvalue weighted by Crippen LogP contribution is 2.29. The van der Waals surface area contributed by atoms with E-state index in [0.717, 1.165) is 29.1 Å². The van der Waals surface area contributed by atoms with E-state index in [0.29, 0.717) is 25.5 Å². The van der Waals surface area contributed by atoms with Crippen LogP contribution in [0, 0.1) is 0 Å². The predicted molar refractivity (Wildman–Crippen MR) is 88.8 cm³/mol. The van der Waals surface area contributed by atoms with E-state index in [1.807, 2.05) is 13.0 Å². The number of halogens is 3. The molecular formula is C17H19F3N4O. The Balaban J connectivity index is 1.82. The second kappa shape index (κ2) is 6.78. The van der Waals surface area contributed by atoms with Crippen molar-refractivity contribution in [1.82, 2.24) is 9.97 Å². The van der Waals surface area contributed by atoms with E-state index >= 15 is 0 Å². The van der Waals surface area contributed by atoms with Gasteiger partial charge in [-0.1, -0.05) is 13.0 Å². The Bertz CT molecular complexity index is 742. The average molecular weight is 352 g/mol. The second-order valence-electron chi connectivity index (χ2n) is 5.79. The van der Waals surface area contributed by atoms with Crippen LogP contribution in [0.5, 0.6) is 5.75 Å². The van der Waals surface area contributed by atoms with Crippen molar-refractivity contribution in [3.8, 4) is 5.75 Å². The number of anilines is 2. The first-order valence-electron chi connectivity index (χ1n) is 8.06. The fraction of sp³-hybridized carbons (Fsp3) is 0.412. The molecule has 1 N–H and O–H groups in total. The molecular weight excluding hydrogens is 333 g/mol. The summed E-state index contributed by atoms with van der Waals surface area (Å²) in [5.41, 5.74) is 2.79. The SMILES string of the molecule is CCc1cc(N2CCc3cc(OC(F)(F)F)ccc3C2)nc(NC)n1. The Labute approximate surface area is 143 Å². The predicted octanol–water partition coefficient (Wildman–Crippen LogP) is 3.54. The van der Waals surface area contributed by atoms with Gasteiger partial charge in [0.2, 0.25) is 5.95 Å². The largest absolute Gasteiger partial charge is 0.573 e. The second-order valence-corrected chi connectivity index (χ2v) is 5.79. The zero-order chi connectivity index (χ0) is 18.0. The minimum absolute atomic E-state index is 0.174. The third-order valence-corrected chi connectivity index (χ3v) is 4.10. The molecule has 134 valence electrons. The first-order valence-corrected chi connectivity index (χ1v) is 8.06. The van der Waals surface area contributed by atoms with Crippen LogP contribution in [0.25, 0.3) is 0 Å². The number of aromatic nitrogens is 2. The van der Waals surface area contributed by atoms with Crippen molar-refractivity contribution >= 4 is 11.8 Å². The highest BCUT2D eigenvalue weighted by molar-refractivity contribution is 5.49. The van der Waals surface area contributed by atoms with Gasteiger partial charge in [-0.25, -0.2) is 4.98 Å². The molecule has 0 saturated carbocycles. The highest BCUT2D eigenvalue weighted by atomic mass is 19.4. The fourth-order valence-electron chi connectivity index (χ4n) is 2.86. The molecule has 2 aromatic rings. The van der Waals surface area contributed by atoms with Gasteiger partial charge in [0.1, 0.15) is 11.6 Å². The van der Waals surface area contributed by atoms with E-state index in [1.54, 1.807) is 13.1 Å². The Morgan fingerprint density at radius 2 is 2.00 bits per heavy atom. The van der Waals surface area contributed by atoms with Crippen molar-refractivity contribution < 1.29 is 17.9 Å². The Morgan fingerprint density at radius 3 is 2.68 bits per heavy atom. The molecule has 0 spiro atoms. The first-order chi connectivity index (χ1) is 11.9. The molecule has 0 saturated heterocycles. The molecule has 1 aromatic heterocycles. The summed E-state index contributed by atoms with van der Waals surface area (Å²) in [5.74, 6) is 1.21. The van der Waals surface area contributed by atoms with Gasteiger partial charge >= 0.3 is 6.36 Å². The first kappa shape index (κ1) is 17.3. The van der Waals surface area contributed by atoms with Crippen molar-refractivity contribution in [2.24, 2.45) is 0 Å². The molecule has 0 fully saturated rings. The maximum absolute atomic E-state index is 12.3. The van der Waals surface area contributed by atoms with Crippen LogP contribution in [-0.4, -0.2) is 29.9 Å². The van der Waals surface area contributed by atoms with Crippen LogP contribution in [0.3, 0.4) is 0 Å². The maximum atomic E-state index is 12.3. The van der Waals surface area contributed by atoms with Crippen LogP contribution in [0.1, 0.15) is 23.7 Å². The molecule has 3 rings (SSSR count). The molecule has 5 nitrogen and oxygen atoms in total. The van der Waals surface area contributed by atoms with Crippen LogP contribution < -0.4 is 15.0 Å². The van der Waals surface area contributed by atoms with Crippen molar-refractivity contribution in [1.29, 1.82) is 0 Å². The lowest BCUT2D eigenvalue weighted by Gasteiger charge is -2.30.